The van der Waals surface area contributed by atoms with Gasteiger partial charge >= 0.3 is 0 Å². The summed E-state index contributed by atoms with van der Waals surface area (Å²) in [5.41, 5.74) is 0.735. The zero-order chi connectivity index (χ0) is 14.8. The molecular weight excluding hydrogens is 236 g/mol. The lowest BCUT2D eigenvalue weighted by Crippen LogP contribution is -2.48. The molecule has 19 heavy (non-hydrogen) atoms. The van der Waals surface area contributed by atoms with Crippen molar-refractivity contribution in [3.8, 4) is 0 Å². The summed E-state index contributed by atoms with van der Waals surface area (Å²) in [6, 6.07) is 0.733. The van der Waals surface area contributed by atoms with Crippen molar-refractivity contribution in [2.45, 2.75) is 72.9 Å². The molecule has 0 aromatic carbocycles. The molecule has 1 N–H and O–H groups in total. The zero-order valence-electron chi connectivity index (χ0n) is 13.8. The largest absolute Gasteiger partial charge is 0.342 e. The van der Waals surface area contributed by atoms with Gasteiger partial charge in [0.05, 0.1) is 6.54 Å². The molecule has 0 unspecified atom stereocenters. The van der Waals surface area contributed by atoms with Gasteiger partial charge in [0, 0.05) is 19.1 Å². The van der Waals surface area contributed by atoms with Gasteiger partial charge in [-0.15, -0.1) is 0 Å². The highest BCUT2D eigenvalue weighted by Gasteiger charge is 2.38. The number of likely N-dealkylation sites (N-methyl/N-ethyl adjacent to an activating group) is 1. The summed E-state index contributed by atoms with van der Waals surface area (Å²) in [4.78, 5) is 13.8. The maximum Gasteiger partial charge on any atom is 0.236 e. The second-order valence-electron chi connectivity index (χ2n) is 8.09. The smallest absolute Gasteiger partial charge is 0.236 e. The van der Waals surface area contributed by atoms with Crippen LogP contribution >= 0.6 is 0 Å². The first-order chi connectivity index (χ1) is 8.52. The van der Waals surface area contributed by atoms with Crippen LogP contribution in [0.1, 0.15) is 60.8 Å². The first-order valence-corrected chi connectivity index (χ1v) is 7.51. The molecule has 0 atom stereocenters. The summed E-state index contributed by atoms with van der Waals surface area (Å²) >= 11 is 0. The van der Waals surface area contributed by atoms with E-state index in [1.807, 2.05) is 25.8 Å². The maximum atomic E-state index is 12.0. The fourth-order valence-electron chi connectivity index (χ4n) is 3.63. The Morgan fingerprint density at radius 2 is 1.68 bits per heavy atom. The van der Waals surface area contributed by atoms with Gasteiger partial charge in [-0.25, -0.2) is 0 Å². The Morgan fingerprint density at radius 3 is 2.11 bits per heavy atom. The van der Waals surface area contributed by atoms with Crippen LogP contribution in [0, 0.1) is 10.8 Å². The van der Waals surface area contributed by atoms with Gasteiger partial charge in [0.1, 0.15) is 0 Å². The van der Waals surface area contributed by atoms with E-state index in [2.05, 4.69) is 33.0 Å². The Morgan fingerprint density at radius 1 is 1.21 bits per heavy atom. The molecule has 0 radical (unpaired) electrons. The molecule has 3 heteroatoms. The van der Waals surface area contributed by atoms with Gasteiger partial charge in [-0.05, 0) is 43.9 Å². The molecule has 0 aromatic heterocycles. The predicted molar refractivity (Wildman–Crippen MR) is 81.1 cm³/mol. The fourth-order valence-corrected chi connectivity index (χ4v) is 3.63. The van der Waals surface area contributed by atoms with Gasteiger partial charge < -0.3 is 10.2 Å². The SMILES string of the molecule is CC(C)N(C)C(=O)CNC1CC(C)(C)CC(C)(C)C1. The topological polar surface area (TPSA) is 32.3 Å². The van der Waals surface area contributed by atoms with Crippen molar-refractivity contribution in [1.82, 2.24) is 10.2 Å². The number of nitrogens with zero attached hydrogens (tertiary/aromatic N) is 1. The van der Waals surface area contributed by atoms with Gasteiger partial charge in [-0.3, -0.25) is 4.79 Å². The summed E-state index contributed by atoms with van der Waals surface area (Å²) < 4.78 is 0. The molecule has 0 heterocycles. The highest BCUT2D eigenvalue weighted by atomic mass is 16.2. The van der Waals surface area contributed by atoms with E-state index < -0.39 is 0 Å². The standard InChI is InChI=1S/C16H32N2O/c1-12(2)18(7)14(19)10-17-13-8-15(3,4)11-16(5,6)9-13/h12-13,17H,8-11H2,1-7H3. The number of carbonyl (C=O) groups excluding carboxylic acids is 1. The Hall–Kier alpha value is -0.570. The molecule has 0 saturated heterocycles. The van der Waals surface area contributed by atoms with Crippen molar-refractivity contribution in [1.29, 1.82) is 0 Å². The summed E-state index contributed by atoms with van der Waals surface area (Å²) in [5.74, 6) is 0.191. The van der Waals surface area contributed by atoms with Crippen LogP contribution in [0.2, 0.25) is 0 Å². The molecular formula is C16H32N2O. The summed E-state index contributed by atoms with van der Waals surface area (Å²) in [6.07, 6.45) is 3.59. The van der Waals surface area contributed by atoms with Crippen molar-refractivity contribution in [3.05, 3.63) is 0 Å². The Balaban J connectivity index is 2.51. The minimum atomic E-state index is 0.191. The van der Waals surface area contributed by atoms with Crippen molar-refractivity contribution >= 4 is 5.91 Å². The van der Waals surface area contributed by atoms with Crippen molar-refractivity contribution in [2.75, 3.05) is 13.6 Å². The predicted octanol–water partition coefficient (Wildman–Crippen LogP) is 3.05. The van der Waals surface area contributed by atoms with E-state index in [0.717, 1.165) is 12.8 Å². The number of hydrogen-bond acceptors (Lipinski definition) is 2. The summed E-state index contributed by atoms with van der Waals surface area (Å²) in [6.45, 7) is 13.9. The highest BCUT2D eigenvalue weighted by Crippen LogP contribution is 2.45. The number of carbonyl (C=O) groups is 1. The summed E-state index contributed by atoms with van der Waals surface area (Å²) in [5, 5.41) is 3.48. The molecule has 1 fully saturated rings. The van der Waals surface area contributed by atoms with Gasteiger partial charge in [0.2, 0.25) is 5.91 Å². The lowest BCUT2D eigenvalue weighted by atomic mass is 9.63. The lowest BCUT2D eigenvalue weighted by Gasteiger charge is -2.45. The Kier molecular flexibility index (Phi) is 5.05. The third-order valence-electron chi connectivity index (χ3n) is 4.27. The van der Waals surface area contributed by atoms with E-state index in [9.17, 15) is 4.79 Å². The molecule has 0 bridgehead atoms. The minimum Gasteiger partial charge on any atom is -0.342 e. The molecule has 0 aromatic rings. The van der Waals surface area contributed by atoms with Crippen LogP contribution in [-0.4, -0.2) is 36.5 Å². The van der Waals surface area contributed by atoms with E-state index in [0.29, 0.717) is 23.4 Å². The minimum absolute atomic E-state index is 0.191. The van der Waals surface area contributed by atoms with E-state index in [-0.39, 0.29) is 11.9 Å². The van der Waals surface area contributed by atoms with Crippen molar-refractivity contribution in [3.63, 3.8) is 0 Å². The Labute approximate surface area is 119 Å². The van der Waals surface area contributed by atoms with Gasteiger partial charge in [-0.1, -0.05) is 27.7 Å². The van der Waals surface area contributed by atoms with Crippen LogP contribution in [0.3, 0.4) is 0 Å². The average molecular weight is 268 g/mol. The first-order valence-electron chi connectivity index (χ1n) is 7.51. The fraction of sp³-hybridized carbons (Fsp3) is 0.938. The molecule has 0 spiro atoms. The quantitative estimate of drug-likeness (QED) is 0.850. The number of hydrogen-bond donors (Lipinski definition) is 1. The van der Waals surface area contributed by atoms with Crippen molar-refractivity contribution < 1.29 is 4.79 Å². The van der Waals surface area contributed by atoms with Crippen LogP contribution in [0.15, 0.2) is 0 Å². The lowest BCUT2D eigenvalue weighted by molar-refractivity contribution is -0.130. The van der Waals surface area contributed by atoms with Gasteiger partial charge in [-0.2, -0.15) is 0 Å². The molecule has 1 aliphatic carbocycles. The van der Waals surface area contributed by atoms with E-state index in [1.165, 1.54) is 6.42 Å². The van der Waals surface area contributed by atoms with Crippen LogP contribution in [0.4, 0.5) is 0 Å². The maximum absolute atomic E-state index is 12.0. The van der Waals surface area contributed by atoms with E-state index >= 15 is 0 Å². The number of amides is 1. The number of rotatable bonds is 4. The molecule has 3 nitrogen and oxygen atoms in total. The highest BCUT2D eigenvalue weighted by molar-refractivity contribution is 5.78. The van der Waals surface area contributed by atoms with Crippen LogP contribution < -0.4 is 5.32 Å². The average Bonchev–Trinajstić information content (AvgIpc) is 2.20. The Bertz CT molecular complexity index is 305. The molecule has 1 aliphatic rings. The summed E-state index contributed by atoms with van der Waals surface area (Å²) in [7, 11) is 1.88. The molecule has 1 saturated carbocycles. The zero-order valence-corrected chi connectivity index (χ0v) is 13.8. The monoisotopic (exact) mass is 268 g/mol. The first kappa shape index (κ1) is 16.5. The van der Waals surface area contributed by atoms with Crippen LogP contribution in [-0.2, 0) is 4.79 Å². The number of nitrogens with one attached hydrogen (secondary N) is 1. The van der Waals surface area contributed by atoms with Crippen LogP contribution in [0.5, 0.6) is 0 Å². The third kappa shape index (κ3) is 5.13. The van der Waals surface area contributed by atoms with Gasteiger partial charge in [0.15, 0.2) is 0 Å². The molecule has 0 aliphatic heterocycles. The second-order valence-corrected chi connectivity index (χ2v) is 8.09. The van der Waals surface area contributed by atoms with Crippen molar-refractivity contribution in [2.24, 2.45) is 10.8 Å². The second kappa shape index (κ2) is 5.82. The normalized spacial score (nSPS) is 22.5. The van der Waals surface area contributed by atoms with E-state index in [1.54, 1.807) is 0 Å². The third-order valence-corrected chi connectivity index (χ3v) is 4.27. The molecule has 1 amide bonds. The van der Waals surface area contributed by atoms with Crippen LogP contribution in [0.25, 0.3) is 0 Å². The molecule has 112 valence electrons. The van der Waals surface area contributed by atoms with Gasteiger partial charge in [0.25, 0.3) is 0 Å². The molecule has 1 rings (SSSR count). The van der Waals surface area contributed by atoms with E-state index in [4.69, 9.17) is 0 Å².